The first-order valence-electron chi connectivity index (χ1n) is 8.14. The van der Waals surface area contributed by atoms with Crippen LogP contribution in [0.25, 0.3) is 0 Å². The second kappa shape index (κ2) is 5.58. The number of alkyl halides is 3. The highest BCUT2D eigenvalue weighted by atomic mass is 19.4. The Morgan fingerprint density at radius 3 is 2.75 bits per heavy atom. The number of halogens is 3. The number of nitrogens with two attached hydrogens (primary N) is 1. The van der Waals surface area contributed by atoms with Crippen molar-refractivity contribution in [2.75, 3.05) is 0 Å². The molecule has 0 bridgehead atoms. The molecular weight excluding hydrogens is 319 g/mol. The van der Waals surface area contributed by atoms with Gasteiger partial charge in [-0.2, -0.15) is 18.2 Å². The lowest BCUT2D eigenvalue weighted by molar-refractivity contribution is -0.137. The van der Waals surface area contributed by atoms with Crippen LogP contribution in [0.5, 0.6) is 0 Å². The Kier molecular flexibility index (Phi) is 3.63. The van der Waals surface area contributed by atoms with Crippen molar-refractivity contribution < 1.29 is 17.7 Å². The van der Waals surface area contributed by atoms with Crippen LogP contribution in [-0.4, -0.2) is 16.2 Å². The smallest absolute Gasteiger partial charge is 0.339 e. The number of hydrogen-bond donors (Lipinski definition) is 1. The molecule has 0 amide bonds. The number of hydrogen-bond acceptors (Lipinski definition) is 4. The fourth-order valence-electron chi connectivity index (χ4n) is 4.03. The molecule has 1 heterocycles. The van der Waals surface area contributed by atoms with Crippen molar-refractivity contribution >= 4 is 0 Å². The van der Waals surface area contributed by atoms with Crippen molar-refractivity contribution in [2.45, 2.75) is 43.8 Å². The van der Waals surface area contributed by atoms with E-state index in [1.807, 2.05) is 0 Å². The van der Waals surface area contributed by atoms with E-state index in [1.165, 1.54) is 6.07 Å². The molecule has 24 heavy (non-hydrogen) atoms. The van der Waals surface area contributed by atoms with E-state index in [0.29, 0.717) is 29.1 Å². The van der Waals surface area contributed by atoms with Gasteiger partial charge in [-0.05, 0) is 42.7 Å². The van der Waals surface area contributed by atoms with E-state index in [-0.39, 0.29) is 18.4 Å². The Labute approximate surface area is 137 Å². The third kappa shape index (κ3) is 2.81. The molecule has 2 aliphatic rings. The summed E-state index contributed by atoms with van der Waals surface area (Å²) in [6.07, 6.45) is -1.07. The fourth-order valence-corrected chi connectivity index (χ4v) is 4.03. The molecule has 4 atom stereocenters. The molecule has 2 N–H and O–H groups in total. The molecule has 128 valence electrons. The highest BCUT2D eigenvalue weighted by Gasteiger charge is 2.47. The minimum atomic E-state index is -4.35. The largest absolute Gasteiger partial charge is 0.416 e. The lowest BCUT2D eigenvalue weighted by atomic mass is 9.72. The van der Waals surface area contributed by atoms with Gasteiger partial charge in [-0.15, -0.1) is 0 Å². The Morgan fingerprint density at radius 2 is 2.04 bits per heavy atom. The molecule has 0 aliphatic heterocycles. The van der Waals surface area contributed by atoms with Gasteiger partial charge in [0.2, 0.25) is 5.89 Å². The van der Waals surface area contributed by atoms with E-state index in [0.717, 1.165) is 31.4 Å². The molecule has 0 radical (unpaired) electrons. The van der Waals surface area contributed by atoms with Crippen LogP contribution in [0.3, 0.4) is 0 Å². The second-order valence-electron chi connectivity index (χ2n) is 6.92. The van der Waals surface area contributed by atoms with E-state index in [1.54, 1.807) is 6.07 Å². The van der Waals surface area contributed by atoms with Gasteiger partial charge in [-0.1, -0.05) is 23.4 Å². The van der Waals surface area contributed by atoms with Gasteiger partial charge < -0.3 is 10.3 Å². The van der Waals surface area contributed by atoms with Gasteiger partial charge in [-0.3, -0.25) is 0 Å². The summed E-state index contributed by atoms with van der Waals surface area (Å²) >= 11 is 0. The lowest BCUT2D eigenvalue weighted by Crippen LogP contribution is -2.44. The van der Waals surface area contributed by atoms with Gasteiger partial charge in [-0.25, -0.2) is 0 Å². The van der Waals surface area contributed by atoms with E-state index in [9.17, 15) is 13.2 Å². The summed E-state index contributed by atoms with van der Waals surface area (Å²) in [7, 11) is 0. The molecular formula is C17H18F3N3O. The molecule has 4 nitrogen and oxygen atoms in total. The predicted octanol–water partition coefficient (Wildman–Crippen LogP) is 3.52. The average molecular weight is 337 g/mol. The highest BCUT2D eigenvalue weighted by Crippen LogP contribution is 2.52. The van der Waals surface area contributed by atoms with Crippen LogP contribution in [0.1, 0.15) is 48.0 Å². The molecule has 4 rings (SSSR count). The zero-order valence-electron chi connectivity index (χ0n) is 13.0. The third-order valence-electron chi connectivity index (χ3n) is 5.32. The molecule has 7 heteroatoms. The number of aromatic nitrogens is 2. The van der Waals surface area contributed by atoms with Crippen LogP contribution in [0.2, 0.25) is 0 Å². The van der Waals surface area contributed by atoms with Crippen LogP contribution >= 0.6 is 0 Å². The predicted molar refractivity (Wildman–Crippen MR) is 80.1 cm³/mol. The molecule has 1 aromatic carbocycles. The Hall–Kier alpha value is -1.89. The summed E-state index contributed by atoms with van der Waals surface area (Å²) in [5.74, 6) is 2.46. The topological polar surface area (TPSA) is 64.9 Å². The van der Waals surface area contributed by atoms with Crippen LogP contribution in [0.4, 0.5) is 13.2 Å². The maximum atomic E-state index is 12.8. The standard InChI is InChI=1S/C17H18F3N3O/c18-17(19,20)12-3-1-2-9(4-12)5-15-22-16(24-23-15)11-6-10-8-14(21)13(10)7-11/h1-4,10-11,13-14H,5-8,21H2/t10-,11?,13-,14+/m0/s1. The molecule has 2 aromatic rings. The minimum absolute atomic E-state index is 0.229. The van der Waals surface area contributed by atoms with Crippen LogP contribution in [-0.2, 0) is 12.6 Å². The monoisotopic (exact) mass is 337 g/mol. The SMILES string of the molecule is N[C@@H]1C[C@@H]2CC(c3nc(Cc4cccc(C(F)(F)F)c4)no3)C[C@@H]21. The van der Waals surface area contributed by atoms with Crippen molar-refractivity contribution in [3.63, 3.8) is 0 Å². The van der Waals surface area contributed by atoms with Crippen LogP contribution in [0, 0.1) is 11.8 Å². The Morgan fingerprint density at radius 1 is 1.21 bits per heavy atom. The van der Waals surface area contributed by atoms with Crippen LogP contribution in [0.15, 0.2) is 28.8 Å². The molecule has 1 aromatic heterocycles. The molecule has 0 saturated heterocycles. The lowest BCUT2D eigenvalue weighted by Gasteiger charge is -2.37. The summed E-state index contributed by atoms with van der Waals surface area (Å²) in [4.78, 5) is 4.40. The van der Waals surface area contributed by atoms with E-state index in [4.69, 9.17) is 10.3 Å². The quantitative estimate of drug-likeness (QED) is 0.931. The first-order valence-corrected chi connectivity index (χ1v) is 8.14. The third-order valence-corrected chi connectivity index (χ3v) is 5.32. The summed E-state index contributed by atoms with van der Waals surface area (Å²) in [5.41, 5.74) is 5.86. The van der Waals surface area contributed by atoms with E-state index < -0.39 is 11.7 Å². The average Bonchev–Trinajstić information content (AvgIpc) is 3.11. The molecule has 1 unspecified atom stereocenters. The van der Waals surface area contributed by atoms with Gasteiger partial charge in [0.1, 0.15) is 0 Å². The molecule has 2 saturated carbocycles. The van der Waals surface area contributed by atoms with Gasteiger partial charge in [0, 0.05) is 18.4 Å². The summed E-state index contributed by atoms with van der Waals surface area (Å²) < 4.78 is 43.7. The van der Waals surface area contributed by atoms with Crippen molar-refractivity contribution in [1.82, 2.24) is 10.1 Å². The van der Waals surface area contributed by atoms with E-state index >= 15 is 0 Å². The first kappa shape index (κ1) is 15.6. The highest BCUT2D eigenvalue weighted by molar-refractivity contribution is 5.27. The zero-order chi connectivity index (χ0) is 16.9. The van der Waals surface area contributed by atoms with Crippen molar-refractivity contribution in [2.24, 2.45) is 17.6 Å². The van der Waals surface area contributed by atoms with Gasteiger partial charge in [0.05, 0.1) is 5.56 Å². The van der Waals surface area contributed by atoms with Crippen molar-refractivity contribution in [3.05, 3.63) is 47.1 Å². The number of fused-ring (bicyclic) bond motifs is 1. The number of rotatable bonds is 3. The Bertz CT molecular complexity index is 743. The van der Waals surface area contributed by atoms with Gasteiger partial charge in [0.25, 0.3) is 0 Å². The summed E-state index contributed by atoms with van der Waals surface area (Å²) in [6, 6.07) is 5.51. The van der Waals surface area contributed by atoms with Gasteiger partial charge in [0.15, 0.2) is 5.82 Å². The maximum absolute atomic E-state index is 12.8. The van der Waals surface area contributed by atoms with Crippen molar-refractivity contribution in [1.29, 1.82) is 0 Å². The normalized spacial score (nSPS) is 29.3. The zero-order valence-corrected chi connectivity index (χ0v) is 13.0. The van der Waals surface area contributed by atoms with Gasteiger partial charge >= 0.3 is 6.18 Å². The molecule has 2 fully saturated rings. The second-order valence-corrected chi connectivity index (χ2v) is 6.92. The minimum Gasteiger partial charge on any atom is -0.339 e. The number of benzene rings is 1. The van der Waals surface area contributed by atoms with Crippen LogP contribution < -0.4 is 5.73 Å². The van der Waals surface area contributed by atoms with E-state index in [2.05, 4.69) is 10.1 Å². The molecule has 2 aliphatic carbocycles. The molecule has 0 spiro atoms. The maximum Gasteiger partial charge on any atom is 0.416 e. The summed E-state index contributed by atoms with van der Waals surface area (Å²) in [6.45, 7) is 0. The Balaban J connectivity index is 1.46. The van der Waals surface area contributed by atoms with Crippen molar-refractivity contribution in [3.8, 4) is 0 Å². The summed E-state index contributed by atoms with van der Waals surface area (Å²) in [5, 5.41) is 3.94. The fraction of sp³-hybridized carbons (Fsp3) is 0.529. The number of nitrogens with zero attached hydrogens (tertiary/aromatic N) is 2. The first-order chi connectivity index (χ1) is 11.4.